The number of anilines is 1. The van der Waals surface area contributed by atoms with Gasteiger partial charge in [-0.1, -0.05) is 51.1 Å². The van der Waals surface area contributed by atoms with Gasteiger partial charge in [-0.05, 0) is 59.0 Å². The molecule has 33 heavy (non-hydrogen) atoms. The number of ether oxygens (including phenoxy) is 1. The average Bonchev–Trinajstić information content (AvgIpc) is 2.78. The maximum Gasteiger partial charge on any atom is 0.310 e. The SMILES string of the molecule is CC(C)(C)C1CCC(C(=O)OC(C(=O)Nc2ccc([N+](=O)[O-])cc2Br)c2ccccc2)CC1. The predicted molar refractivity (Wildman–Crippen MR) is 130 cm³/mol. The Morgan fingerprint density at radius 2 is 1.73 bits per heavy atom. The molecule has 0 aliphatic heterocycles. The Kier molecular flexibility index (Phi) is 7.89. The third-order valence-electron chi connectivity index (χ3n) is 6.28. The van der Waals surface area contributed by atoms with E-state index in [2.05, 4.69) is 42.0 Å². The van der Waals surface area contributed by atoms with E-state index in [1.165, 1.54) is 18.2 Å². The normalized spacial score (nSPS) is 19.4. The lowest BCUT2D eigenvalue weighted by atomic mass is 9.70. The van der Waals surface area contributed by atoms with E-state index in [9.17, 15) is 19.7 Å². The Labute approximate surface area is 202 Å². The van der Waals surface area contributed by atoms with Crippen molar-refractivity contribution in [3.05, 3.63) is 68.7 Å². The number of nitrogens with zero attached hydrogens (tertiary/aromatic N) is 1. The van der Waals surface area contributed by atoms with Gasteiger partial charge in [-0.15, -0.1) is 0 Å². The molecule has 1 unspecified atom stereocenters. The van der Waals surface area contributed by atoms with Crippen molar-refractivity contribution < 1.29 is 19.2 Å². The highest BCUT2D eigenvalue weighted by atomic mass is 79.9. The predicted octanol–water partition coefficient (Wildman–Crippen LogP) is 6.43. The molecule has 1 aliphatic rings. The van der Waals surface area contributed by atoms with Crippen molar-refractivity contribution in [1.82, 2.24) is 0 Å². The van der Waals surface area contributed by atoms with Crippen LogP contribution in [0, 0.1) is 27.4 Å². The highest BCUT2D eigenvalue weighted by Gasteiger charge is 2.35. The minimum absolute atomic E-state index is 0.100. The molecule has 0 saturated heterocycles. The Morgan fingerprint density at radius 3 is 2.27 bits per heavy atom. The fourth-order valence-corrected chi connectivity index (χ4v) is 4.69. The molecule has 1 amide bonds. The summed E-state index contributed by atoms with van der Waals surface area (Å²) in [5, 5.41) is 13.7. The van der Waals surface area contributed by atoms with Gasteiger partial charge in [-0.2, -0.15) is 0 Å². The molecule has 176 valence electrons. The van der Waals surface area contributed by atoms with Gasteiger partial charge in [0.2, 0.25) is 6.10 Å². The van der Waals surface area contributed by atoms with Crippen LogP contribution < -0.4 is 5.32 Å². The number of nitrogens with one attached hydrogen (secondary N) is 1. The van der Waals surface area contributed by atoms with Crippen molar-refractivity contribution in [2.45, 2.75) is 52.6 Å². The van der Waals surface area contributed by atoms with E-state index in [1.807, 2.05) is 6.07 Å². The summed E-state index contributed by atoms with van der Waals surface area (Å²) in [7, 11) is 0. The van der Waals surface area contributed by atoms with E-state index in [0.717, 1.165) is 25.7 Å². The van der Waals surface area contributed by atoms with E-state index < -0.39 is 16.9 Å². The average molecular weight is 517 g/mol. The van der Waals surface area contributed by atoms with Gasteiger partial charge in [0, 0.05) is 22.2 Å². The second-order valence-electron chi connectivity index (χ2n) is 9.55. The third kappa shape index (κ3) is 6.41. The number of benzene rings is 2. The number of carbonyl (C=O) groups excluding carboxylic acids is 2. The Hall–Kier alpha value is -2.74. The Bertz CT molecular complexity index is 1010. The van der Waals surface area contributed by atoms with Crippen molar-refractivity contribution in [3.63, 3.8) is 0 Å². The van der Waals surface area contributed by atoms with E-state index >= 15 is 0 Å². The monoisotopic (exact) mass is 516 g/mol. The Balaban J connectivity index is 1.74. The van der Waals surface area contributed by atoms with Crippen LogP contribution in [0.15, 0.2) is 53.0 Å². The number of nitro benzene ring substituents is 1. The first-order valence-corrected chi connectivity index (χ1v) is 11.9. The maximum absolute atomic E-state index is 13.1. The number of rotatable bonds is 6. The summed E-state index contributed by atoms with van der Waals surface area (Å²) in [4.78, 5) is 36.6. The lowest BCUT2D eigenvalue weighted by Crippen LogP contribution is -2.32. The van der Waals surface area contributed by atoms with Crippen LogP contribution in [0.1, 0.15) is 58.1 Å². The number of amides is 1. The van der Waals surface area contributed by atoms with Gasteiger partial charge < -0.3 is 10.1 Å². The molecule has 1 aliphatic carbocycles. The molecule has 0 heterocycles. The largest absolute Gasteiger partial charge is 0.447 e. The fourth-order valence-electron chi connectivity index (χ4n) is 4.23. The highest BCUT2D eigenvalue weighted by molar-refractivity contribution is 9.10. The van der Waals surface area contributed by atoms with Gasteiger partial charge in [0.15, 0.2) is 0 Å². The number of hydrogen-bond acceptors (Lipinski definition) is 5. The van der Waals surface area contributed by atoms with Gasteiger partial charge in [0.1, 0.15) is 0 Å². The molecule has 0 aromatic heterocycles. The summed E-state index contributed by atoms with van der Waals surface area (Å²) in [6.07, 6.45) is 2.29. The number of hydrogen-bond donors (Lipinski definition) is 1. The van der Waals surface area contributed by atoms with Crippen molar-refractivity contribution >= 4 is 39.2 Å². The van der Waals surface area contributed by atoms with Gasteiger partial charge in [0.25, 0.3) is 11.6 Å². The molecule has 2 aromatic rings. The van der Waals surface area contributed by atoms with Crippen LogP contribution in [0.4, 0.5) is 11.4 Å². The van der Waals surface area contributed by atoms with Crippen LogP contribution in [0.3, 0.4) is 0 Å². The molecule has 1 atom stereocenters. The highest BCUT2D eigenvalue weighted by Crippen LogP contribution is 2.40. The molecule has 8 heteroatoms. The zero-order valence-corrected chi connectivity index (χ0v) is 20.6. The molecule has 0 radical (unpaired) electrons. The first-order valence-electron chi connectivity index (χ1n) is 11.1. The quantitative estimate of drug-likeness (QED) is 0.270. The van der Waals surface area contributed by atoms with E-state index in [1.54, 1.807) is 24.3 Å². The smallest absolute Gasteiger partial charge is 0.310 e. The molecule has 1 N–H and O–H groups in total. The number of carbonyl (C=O) groups is 2. The van der Waals surface area contributed by atoms with Crippen LogP contribution >= 0.6 is 15.9 Å². The fraction of sp³-hybridized carbons (Fsp3) is 0.440. The summed E-state index contributed by atoms with van der Waals surface area (Å²) in [6.45, 7) is 6.67. The molecule has 0 bridgehead atoms. The second kappa shape index (κ2) is 10.5. The van der Waals surface area contributed by atoms with Gasteiger partial charge in [-0.3, -0.25) is 19.7 Å². The third-order valence-corrected chi connectivity index (χ3v) is 6.94. The number of halogens is 1. The minimum Gasteiger partial charge on any atom is -0.447 e. The molecule has 1 fully saturated rings. The minimum atomic E-state index is -1.12. The first-order chi connectivity index (χ1) is 15.6. The van der Waals surface area contributed by atoms with Gasteiger partial charge in [-0.25, -0.2) is 0 Å². The molecule has 0 spiro atoms. The van der Waals surface area contributed by atoms with Crippen molar-refractivity contribution in [1.29, 1.82) is 0 Å². The molecule has 3 rings (SSSR count). The summed E-state index contributed by atoms with van der Waals surface area (Å²) >= 11 is 3.26. The van der Waals surface area contributed by atoms with Crippen LogP contribution in [0.5, 0.6) is 0 Å². The summed E-state index contributed by atoms with van der Waals surface area (Å²) in [5.41, 5.74) is 1.02. The van der Waals surface area contributed by atoms with Gasteiger partial charge >= 0.3 is 5.97 Å². The first kappa shape index (κ1) is 24.9. The zero-order valence-electron chi connectivity index (χ0n) is 19.0. The van der Waals surface area contributed by atoms with Crippen molar-refractivity contribution in [2.75, 3.05) is 5.32 Å². The van der Waals surface area contributed by atoms with Crippen LogP contribution in [0.2, 0.25) is 0 Å². The van der Waals surface area contributed by atoms with Gasteiger partial charge in [0.05, 0.1) is 16.5 Å². The van der Waals surface area contributed by atoms with Crippen LogP contribution in [-0.2, 0) is 14.3 Å². The van der Waals surface area contributed by atoms with Crippen molar-refractivity contribution in [2.24, 2.45) is 17.3 Å². The standard InChI is InChI=1S/C25H29BrN2O5/c1-25(2,3)18-11-9-17(10-12-18)24(30)33-22(16-7-5-4-6-8-16)23(29)27-21-14-13-19(28(31)32)15-20(21)26/h4-8,13-15,17-18,22H,9-12H2,1-3H3,(H,27,29). The molecule has 7 nitrogen and oxygen atoms in total. The maximum atomic E-state index is 13.1. The van der Waals surface area contributed by atoms with E-state index in [-0.39, 0.29) is 23.0 Å². The second-order valence-corrected chi connectivity index (χ2v) is 10.4. The summed E-state index contributed by atoms with van der Waals surface area (Å²) in [5.74, 6) is -0.551. The number of nitro groups is 1. The van der Waals surface area contributed by atoms with Crippen molar-refractivity contribution in [3.8, 4) is 0 Å². The summed E-state index contributed by atoms with van der Waals surface area (Å²) in [6, 6.07) is 12.9. The van der Waals surface area contributed by atoms with Crippen LogP contribution in [-0.4, -0.2) is 16.8 Å². The number of non-ortho nitro benzene ring substituents is 1. The Morgan fingerprint density at radius 1 is 1.09 bits per heavy atom. The van der Waals surface area contributed by atoms with E-state index in [4.69, 9.17) is 4.74 Å². The summed E-state index contributed by atoms with van der Waals surface area (Å²) < 4.78 is 6.12. The number of esters is 1. The molecular weight excluding hydrogens is 488 g/mol. The van der Waals surface area contributed by atoms with E-state index in [0.29, 0.717) is 21.6 Å². The molecular formula is C25H29BrN2O5. The van der Waals surface area contributed by atoms with Crippen LogP contribution in [0.25, 0.3) is 0 Å². The lowest BCUT2D eigenvalue weighted by molar-refractivity contribution is -0.384. The molecule has 1 saturated carbocycles. The topological polar surface area (TPSA) is 98.5 Å². The lowest BCUT2D eigenvalue weighted by Gasteiger charge is -2.36. The zero-order chi connectivity index (χ0) is 24.2. The molecule has 2 aromatic carbocycles.